The molecule has 0 bridgehead atoms. The molecule has 110 valence electrons. The molecule has 0 aliphatic heterocycles. The summed E-state index contributed by atoms with van der Waals surface area (Å²) in [6.45, 7) is 2.27. The number of benzene rings is 1. The fourth-order valence-electron chi connectivity index (χ4n) is 1.61. The number of carbonyl (C=O) groups excluding carboxylic acids is 1. The van der Waals surface area contributed by atoms with Crippen molar-refractivity contribution < 1.29 is 19.0 Å². The van der Waals surface area contributed by atoms with Gasteiger partial charge in [0.25, 0.3) is 5.69 Å². The lowest BCUT2D eigenvalue weighted by Gasteiger charge is -1.96. The van der Waals surface area contributed by atoms with Gasteiger partial charge in [-0.25, -0.2) is 0 Å². The van der Waals surface area contributed by atoms with Gasteiger partial charge in [0.1, 0.15) is 6.61 Å². The first-order valence-electron chi connectivity index (χ1n) is 6.27. The van der Waals surface area contributed by atoms with Crippen LogP contribution in [0.2, 0.25) is 0 Å². The number of aromatic nitrogens is 2. The van der Waals surface area contributed by atoms with E-state index >= 15 is 0 Å². The second-order valence-corrected chi connectivity index (χ2v) is 4.17. The van der Waals surface area contributed by atoms with Gasteiger partial charge < -0.3 is 9.26 Å². The first kappa shape index (κ1) is 14.8. The zero-order valence-electron chi connectivity index (χ0n) is 11.3. The number of Topliss-reactive ketones (excluding diaryl/α,β-unsaturated/α-hetero) is 1. The van der Waals surface area contributed by atoms with E-state index in [1.807, 2.05) is 0 Å². The number of nitro groups is 1. The highest BCUT2D eigenvalue weighted by molar-refractivity contribution is 5.81. The third-order valence-electron chi connectivity index (χ3n) is 2.62. The molecule has 0 atom stereocenters. The maximum Gasteiger partial charge on any atom is 0.269 e. The lowest BCUT2D eigenvalue weighted by atomic mass is 10.2. The van der Waals surface area contributed by atoms with Crippen molar-refractivity contribution >= 4 is 11.5 Å². The Kier molecular flexibility index (Phi) is 4.72. The van der Waals surface area contributed by atoms with Crippen LogP contribution in [0, 0.1) is 10.1 Å². The molecule has 1 aromatic carbocycles. The molecule has 0 unspecified atom stereocenters. The predicted molar refractivity (Wildman–Crippen MR) is 71.6 cm³/mol. The topological polar surface area (TPSA) is 108 Å². The minimum Gasteiger partial charge on any atom is -0.374 e. The first-order valence-corrected chi connectivity index (χ1v) is 6.27. The number of ether oxygens (including phenoxy) is 1. The number of nitrogens with zero attached hydrogens (tertiary/aromatic N) is 3. The van der Waals surface area contributed by atoms with Crippen molar-refractivity contribution in [1.82, 2.24) is 10.1 Å². The van der Waals surface area contributed by atoms with Crippen LogP contribution in [0.3, 0.4) is 0 Å². The number of carbonyl (C=O) groups is 1. The van der Waals surface area contributed by atoms with E-state index in [1.165, 1.54) is 24.3 Å². The van der Waals surface area contributed by atoms with Crippen LogP contribution in [0.4, 0.5) is 5.69 Å². The van der Waals surface area contributed by atoms with Crippen LogP contribution in [0.1, 0.15) is 12.8 Å². The molecule has 0 amide bonds. The van der Waals surface area contributed by atoms with E-state index in [1.54, 1.807) is 6.92 Å². The Morgan fingerprint density at radius 3 is 2.71 bits per heavy atom. The molecule has 2 aromatic rings. The molecule has 0 fully saturated rings. The van der Waals surface area contributed by atoms with Gasteiger partial charge in [-0.1, -0.05) is 5.16 Å². The summed E-state index contributed by atoms with van der Waals surface area (Å²) in [6.07, 6.45) is -0.0000185. The molecule has 0 aliphatic rings. The summed E-state index contributed by atoms with van der Waals surface area (Å²) >= 11 is 0. The van der Waals surface area contributed by atoms with Crippen molar-refractivity contribution in [2.24, 2.45) is 0 Å². The quantitative estimate of drug-likeness (QED) is 0.565. The van der Waals surface area contributed by atoms with Gasteiger partial charge in [0, 0.05) is 24.3 Å². The summed E-state index contributed by atoms with van der Waals surface area (Å²) in [5.41, 5.74) is 0.558. The van der Waals surface area contributed by atoms with Gasteiger partial charge in [0.05, 0.1) is 11.3 Å². The van der Waals surface area contributed by atoms with Crippen molar-refractivity contribution in [3.05, 3.63) is 40.3 Å². The van der Waals surface area contributed by atoms with Crippen LogP contribution in [0.25, 0.3) is 11.4 Å². The van der Waals surface area contributed by atoms with Crippen molar-refractivity contribution in [2.75, 3.05) is 13.2 Å². The number of nitro benzene ring substituents is 1. The van der Waals surface area contributed by atoms with Crippen LogP contribution in [-0.4, -0.2) is 34.1 Å². The average Bonchev–Trinajstić information content (AvgIpc) is 2.93. The number of ketones is 1. The molecule has 21 heavy (non-hydrogen) atoms. The average molecular weight is 291 g/mol. The Hall–Kier alpha value is -2.61. The highest BCUT2D eigenvalue weighted by atomic mass is 16.6. The maximum absolute atomic E-state index is 11.5. The Morgan fingerprint density at radius 1 is 1.38 bits per heavy atom. The van der Waals surface area contributed by atoms with Crippen LogP contribution in [0.15, 0.2) is 28.8 Å². The third kappa shape index (κ3) is 3.93. The molecule has 2 rings (SSSR count). The van der Waals surface area contributed by atoms with Crippen molar-refractivity contribution in [3.63, 3.8) is 0 Å². The van der Waals surface area contributed by atoms with Gasteiger partial charge in [-0.05, 0) is 19.1 Å². The van der Waals surface area contributed by atoms with Crippen molar-refractivity contribution in [3.8, 4) is 11.4 Å². The lowest BCUT2D eigenvalue weighted by molar-refractivity contribution is -0.384. The van der Waals surface area contributed by atoms with E-state index in [-0.39, 0.29) is 36.2 Å². The Morgan fingerprint density at radius 2 is 2.10 bits per heavy atom. The Bertz CT molecular complexity index is 636. The summed E-state index contributed by atoms with van der Waals surface area (Å²) in [4.78, 5) is 25.7. The largest absolute Gasteiger partial charge is 0.374 e. The molecule has 0 aliphatic carbocycles. The van der Waals surface area contributed by atoms with Crippen LogP contribution >= 0.6 is 0 Å². The van der Waals surface area contributed by atoms with Gasteiger partial charge in [-0.2, -0.15) is 4.98 Å². The molecule has 0 spiro atoms. The van der Waals surface area contributed by atoms with Gasteiger partial charge in [-0.3, -0.25) is 14.9 Å². The van der Waals surface area contributed by atoms with Crippen molar-refractivity contribution in [2.45, 2.75) is 13.3 Å². The third-order valence-corrected chi connectivity index (χ3v) is 2.62. The maximum atomic E-state index is 11.5. The lowest BCUT2D eigenvalue weighted by Crippen LogP contribution is -2.11. The number of non-ortho nitro benzene ring substituents is 1. The predicted octanol–water partition coefficient (Wildman–Crippen LogP) is 1.79. The normalized spacial score (nSPS) is 10.5. The van der Waals surface area contributed by atoms with E-state index in [0.29, 0.717) is 12.2 Å². The van der Waals surface area contributed by atoms with E-state index in [0.717, 1.165) is 0 Å². The second kappa shape index (κ2) is 6.71. The van der Waals surface area contributed by atoms with Crippen LogP contribution in [0.5, 0.6) is 0 Å². The molecule has 0 N–H and O–H groups in total. The smallest absolute Gasteiger partial charge is 0.269 e. The molecule has 8 nitrogen and oxygen atoms in total. The fourth-order valence-corrected chi connectivity index (χ4v) is 1.61. The van der Waals surface area contributed by atoms with Gasteiger partial charge in [0.15, 0.2) is 5.78 Å². The molecular formula is C13H13N3O5. The summed E-state index contributed by atoms with van der Waals surface area (Å²) < 4.78 is 9.97. The second-order valence-electron chi connectivity index (χ2n) is 4.17. The Balaban J connectivity index is 2.05. The Labute approximate surface area is 119 Å². The SMILES string of the molecule is CCOCC(=O)Cc1nc(-c2ccc([N+](=O)[O-])cc2)no1. The van der Waals surface area contributed by atoms with Crippen LogP contribution in [-0.2, 0) is 16.0 Å². The molecule has 0 saturated carbocycles. The van der Waals surface area contributed by atoms with Gasteiger partial charge >= 0.3 is 0 Å². The van der Waals surface area contributed by atoms with E-state index in [9.17, 15) is 14.9 Å². The van der Waals surface area contributed by atoms with Gasteiger partial charge in [-0.15, -0.1) is 0 Å². The highest BCUT2D eigenvalue weighted by Crippen LogP contribution is 2.19. The monoisotopic (exact) mass is 291 g/mol. The molecule has 1 heterocycles. The highest BCUT2D eigenvalue weighted by Gasteiger charge is 2.13. The minimum atomic E-state index is -0.488. The summed E-state index contributed by atoms with van der Waals surface area (Å²) in [5.74, 6) is 0.313. The summed E-state index contributed by atoms with van der Waals surface area (Å²) in [7, 11) is 0. The standard InChI is InChI=1S/C13H13N3O5/c1-2-20-8-11(17)7-12-14-13(15-21-12)9-3-5-10(6-4-9)16(18)19/h3-6H,2,7-8H2,1H3. The zero-order valence-corrected chi connectivity index (χ0v) is 11.3. The van der Waals surface area contributed by atoms with Crippen molar-refractivity contribution in [1.29, 1.82) is 0 Å². The molecule has 0 saturated heterocycles. The number of hydrogen-bond acceptors (Lipinski definition) is 7. The molecule has 8 heteroatoms. The van der Waals surface area contributed by atoms with Gasteiger partial charge in [0.2, 0.25) is 11.7 Å². The van der Waals surface area contributed by atoms with E-state index in [4.69, 9.17) is 9.26 Å². The molecule has 0 radical (unpaired) electrons. The first-order chi connectivity index (χ1) is 10.1. The molecule has 1 aromatic heterocycles. The minimum absolute atomic E-state index is 0.0000185. The fraction of sp³-hybridized carbons (Fsp3) is 0.308. The summed E-state index contributed by atoms with van der Waals surface area (Å²) in [6, 6.07) is 5.75. The van der Waals surface area contributed by atoms with E-state index in [2.05, 4.69) is 10.1 Å². The van der Waals surface area contributed by atoms with E-state index < -0.39 is 4.92 Å². The summed E-state index contributed by atoms with van der Waals surface area (Å²) in [5, 5.41) is 14.3. The number of rotatable bonds is 7. The zero-order chi connectivity index (χ0) is 15.2. The number of hydrogen-bond donors (Lipinski definition) is 0. The van der Waals surface area contributed by atoms with Crippen LogP contribution < -0.4 is 0 Å². The molecular weight excluding hydrogens is 278 g/mol.